The van der Waals surface area contributed by atoms with E-state index in [1.807, 2.05) is 0 Å². The van der Waals surface area contributed by atoms with Crippen molar-refractivity contribution in [3.8, 4) is 34.5 Å². The summed E-state index contributed by atoms with van der Waals surface area (Å²) in [6.45, 7) is -2.80. The van der Waals surface area contributed by atoms with E-state index in [9.17, 15) is 86.3 Å². The monoisotopic (exact) mass is 1340 g/mol. The van der Waals surface area contributed by atoms with Gasteiger partial charge in [0.15, 0.2) is 17.8 Å². The van der Waals surface area contributed by atoms with Gasteiger partial charge >= 0.3 is 7.60 Å². The van der Waals surface area contributed by atoms with Gasteiger partial charge in [-0.1, -0.05) is 48.6 Å². The summed E-state index contributed by atoms with van der Waals surface area (Å²) in [7, 11) is -4.31. The van der Waals surface area contributed by atoms with Crippen LogP contribution in [0.15, 0.2) is 97.6 Å². The van der Waals surface area contributed by atoms with E-state index in [-0.39, 0.29) is 53.5 Å². The molecule has 6 aromatic rings. The highest BCUT2D eigenvalue weighted by Gasteiger charge is 2.49. The van der Waals surface area contributed by atoms with Crippen LogP contribution < -0.4 is 33.7 Å². The van der Waals surface area contributed by atoms with E-state index in [1.165, 1.54) is 73.3 Å². The minimum Gasteiger partial charge on any atom is -0.462 e. The zero-order valence-corrected chi connectivity index (χ0v) is 50.3. The van der Waals surface area contributed by atoms with Crippen LogP contribution in [0.2, 0.25) is 0 Å². The molecule has 4 aromatic carbocycles. The minimum absolute atomic E-state index is 0.0341. The third-order valence-electron chi connectivity index (χ3n) is 15.5. The van der Waals surface area contributed by atoms with Crippen molar-refractivity contribution in [3.63, 3.8) is 0 Å². The van der Waals surface area contributed by atoms with Crippen LogP contribution in [0.5, 0.6) is 34.5 Å². The van der Waals surface area contributed by atoms with Gasteiger partial charge in [-0.05, 0) is 70.8 Å². The molecule has 4 saturated heterocycles. The van der Waals surface area contributed by atoms with E-state index in [0.717, 1.165) is 0 Å². The zero-order valence-electron chi connectivity index (χ0n) is 49.4. The van der Waals surface area contributed by atoms with Crippen molar-refractivity contribution in [1.82, 2.24) is 19.5 Å². The number of aliphatic hydroxyl groups excluding tert-OH is 16. The quantitative estimate of drug-likeness (QED) is 0.0152. The van der Waals surface area contributed by atoms with Crippen molar-refractivity contribution in [1.29, 1.82) is 0 Å². The van der Waals surface area contributed by atoms with E-state index >= 15 is 0 Å². The largest absolute Gasteiger partial charge is 0.462 e. The standard InChI is InChI=1S/C60H72N5O28P/c61-55-42-56(63-25-62-55)65(26-64-42)13-14-83-27-94(82,92-32-9-5-28(6-10-32)1-3-30-15-34(84-57-51(78)47(74)43(70)38(21-66)88-57)19-35(16-30)85-58-52(79)48(75)44(71)39(22-67)89-58)93-33-11-7-29(8-12-33)2-4-31-17-36(86-59-53(80)49(76)45(72)40(23-68)90-59)20-37(18-31)87-60-54(81)50(77)46(73)41(24-69)91-60/h1-12,15-20,25-26,38-41,43-54,57-60,66-81H,13-14,21-24,27H2,(H2,61,62,63)/b3-1+,4-2+/t38-,39-,40-,41-,43+,44+,45+,46+,47+,48+,49+,50+,51-,52-,53-,54-,57-,58-,59-,60-/m1/s1. The van der Waals surface area contributed by atoms with Gasteiger partial charge in [0.05, 0.1) is 39.4 Å². The molecule has 4 aliphatic heterocycles. The van der Waals surface area contributed by atoms with Gasteiger partial charge in [-0.15, -0.1) is 0 Å². The summed E-state index contributed by atoms with van der Waals surface area (Å²) < 4.78 is 80.4. The summed E-state index contributed by atoms with van der Waals surface area (Å²) in [5, 5.41) is 165. The SMILES string of the molecule is Nc1ncnc2c1ncn2CCOCP(=O)(Oc1ccc(/C=C/c2cc(O[C@@H]3O[C@H](CO)[C@H](O)[C@H](O)[C@H]3O)cc(O[C@@H]3O[C@H](CO)[C@H](O)[C@H](O)[C@H]3O)c2)cc1)Oc1ccc(/C=C/c2cc(O[C@@H]3O[C@H](CO)[C@H](O)[C@H](O)[C@H]3O)cc(O[C@@H]3O[C@H](CO)[C@H](O)[C@H](O)[C@H]3O)c2)cc1. The van der Waals surface area contributed by atoms with Crippen molar-refractivity contribution in [3.05, 3.63) is 120 Å². The van der Waals surface area contributed by atoms with Gasteiger partial charge in [-0.25, -0.2) is 19.5 Å². The molecule has 510 valence electrons. The van der Waals surface area contributed by atoms with E-state index in [4.69, 9.17) is 57.4 Å². The minimum atomic E-state index is -4.31. The fourth-order valence-electron chi connectivity index (χ4n) is 10.3. The van der Waals surface area contributed by atoms with E-state index < -0.39 is 163 Å². The van der Waals surface area contributed by atoms with Gasteiger partial charge in [0.2, 0.25) is 25.2 Å². The van der Waals surface area contributed by atoms with Crippen LogP contribution in [0.25, 0.3) is 35.5 Å². The van der Waals surface area contributed by atoms with Crippen LogP contribution in [0.1, 0.15) is 22.3 Å². The number of aromatic nitrogens is 4. The topological polar surface area (TPSA) is 512 Å². The van der Waals surface area contributed by atoms with Gasteiger partial charge in [0, 0.05) is 18.7 Å². The summed E-state index contributed by atoms with van der Waals surface area (Å²) in [5.41, 5.74) is 8.53. The number of rotatable bonds is 25. The first-order valence-electron chi connectivity index (χ1n) is 29.3. The van der Waals surface area contributed by atoms with Crippen LogP contribution in [0, 0.1) is 0 Å². The number of ether oxygens (including phenoxy) is 9. The highest BCUT2D eigenvalue weighted by Crippen LogP contribution is 2.49. The van der Waals surface area contributed by atoms with Crippen LogP contribution in [-0.4, -0.2) is 263 Å². The highest BCUT2D eigenvalue weighted by atomic mass is 31.2. The second-order valence-electron chi connectivity index (χ2n) is 22.2. The number of nitrogen functional groups attached to an aromatic ring is 1. The molecule has 0 radical (unpaired) electrons. The van der Waals surface area contributed by atoms with Gasteiger partial charge in [0.1, 0.15) is 144 Å². The predicted molar refractivity (Wildman–Crippen MR) is 321 cm³/mol. The molecule has 0 saturated carbocycles. The van der Waals surface area contributed by atoms with E-state index in [0.29, 0.717) is 33.4 Å². The maximum Gasteiger partial charge on any atom is 0.456 e. The molecule has 0 spiro atoms. The van der Waals surface area contributed by atoms with E-state index in [2.05, 4.69) is 15.0 Å². The average Bonchev–Trinajstić information content (AvgIpc) is 0.860. The number of aliphatic hydroxyl groups is 16. The molecule has 4 fully saturated rings. The fraction of sp³-hybridized carbons (Fsp3) is 0.450. The van der Waals surface area contributed by atoms with Gasteiger partial charge < -0.3 is 144 Å². The third-order valence-corrected chi connectivity index (χ3v) is 17.0. The maximum absolute atomic E-state index is 14.9. The number of fused-ring (bicyclic) bond motifs is 1. The molecule has 0 bridgehead atoms. The highest BCUT2D eigenvalue weighted by molar-refractivity contribution is 7.54. The lowest BCUT2D eigenvalue weighted by Gasteiger charge is -2.40. The van der Waals surface area contributed by atoms with Gasteiger partial charge in [-0.2, -0.15) is 0 Å². The Kier molecular flexibility index (Phi) is 22.8. The molecule has 6 heterocycles. The molecule has 10 rings (SSSR count). The summed E-state index contributed by atoms with van der Waals surface area (Å²) >= 11 is 0. The predicted octanol–water partition coefficient (Wildman–Crippen LogP) is -3.21. The Labute approximate surface area is 533 Å². The molecule has 18 N–H and O–H groups in total. The zero-order chi connectivity index (χ0) is 67.1. The molecule has 0 amide bonds. The Balaban J connectivity index is 0.872. The number of hydrogen-bond donors (Lipinski definition) is 17. The van der Waals surface area contributed by atoms with Crippen LogP contribution in [0.3, 0.4) is 0 Å². The van der Waals surface area contributed by atoms with Crippen molar-refractivity contribution >= 4 is 48.9 Å². The molecule has 4 aliphatic rings. The van der Waals surface area contributed by atoms with Crippen LogP contribution in [-0.2, 0) is 34.8 Å². The number of nitrogens with zero attached hydrogens (tertiary/aromatic N) is 4. The first-order chi connectivity index (χ1) is 45.0. The number of imidazole rings is 1. The second-order valence-corrected chi connectivity index (χ2v) is 24.1. The summed E-state index contributed by atoms with van der Waals surface area (Å²) in [4.78, 5) is 12.5. The lowest BCUT2D eigenvalue weighted by molar-refractivity contribution is -0.278. The Morgan fingerprint density at radius 3 is 1.12 bits per heavy atom. The Hall–Kier alpha value is -7.10. The first kappa shape index (κ1) is 69.7. The summed E-state index contributed by atoms with van der Waals surface area (Å²) in [6.07, 6.45) is -24.2. The number of hydrogen-bond acceptors (Lipinski definition) is 32. The average molecular weight is 1340 g/mol. The molecular weight excluding hydrogens is 1270 g/mol. The summed E-state index contributed by atoms with van der Waals surface area (Å²) in [6, 6.07) is 20.8. The molecular formula is C60H72N5O28P. The first-order valence-corrected chi connectivity index (χ1v) is 31.0. The molecule has 2 aromatic heterocycles. The summed E-state index contributed by atoms with van der Waals surface area (Å²) in [5.74, 6) is 0.0554. The molecule has 34 heteroatoms. The fourth-order valence-corrected chi connectivity index (χ4v) is 11.7. The Morgan fingerprint density at radius 2 is 0.777 bits per heavy atom. The molecule has 33 nitrogen and oxygen atoms in total. The smallest absolute Gasteiger partial charge is 0.456 e. The molecule has 94 heavy (non-hydrogen) atoms. The van der Waals surface area contributed by atoms with Crippen molar-refractivity contribution in [2.24, 2.45) is 0 Å². The van der Waals surface area contributed by atoms with Crippen molar-refractivity contribution in [2.75, 3.05) is 45.1 Å². The number of nitrogens with two attached hydrogens (primary N) is 1. The third kappa shape index (κ3) is 16.2. The number of anilines is 1. The van der Waals surface area contributed by atoms with Gasteiger partial charge in [-0.3, -0.25) is 0 Å². The van der Waals surface area contributed by atoms with E-state index in [1.54, 1.807) is 53.1 Å². The second kappa shape index (κ2) is 30.7. The number of benzene rings is 4. The van der Waals surface area contributed by atoms with Crippen molar-refractivity contribution < 1.29 is 138 Å². The maximum atomic E-state index is 14.9. The van der Waals surface area contributed by atoms with Crippen molar-refractivity contribution in [2.45, 2.75) is 129 Å². The van der Waals surface area contributed by atoms with Crippen LogP contribution >= 0.6 is 7.60 Å². The Morgan fingerprint density at radius 1 is 0.436 bits per heavy atom. The molecule has 0 aliphatic carbocycles. The lowest BCUT2D eigenvalue weighted by Crippen LogP contribution is -2.60. The molecule has 0 unspecified atom stereocenters. The normalized spacial score (nSPS) is 31.6. The lowest BCUT2D eigenvalue weighted by atomic mass is 9.99. The van der Waals surface area contributed by atoms with Gasteiger partial charge in [0.25, 0.3) is 0 Å². The molecule has 20 atom stereocenters. The van der Waals surface area contributed by atoms with Crippen LogP contribution in [0.4, 0.5) is 5.82 Å². The Bertz CT molecular complexity index is 3270.